The second kappa shape index (κ2) is 8.14. The molecule has 0 saturated carbocycles. The predicted octanol–water partition coefficient (Wildman–Crippen LogP) is 4.23. The number of para-hydroxylation sites is 1. The third-order valence-corrected chi connectivity index (χ3v) is 8.39. The van der Waals surface area contributed by atoms with Crippen molar-refractivity contribution in [1.29, 1.82) is 0 Å². The largest absolute Gasteiger partial charge is 0.339 e. The molecular weight excluding hydrogens is 469 g/mol. The molecule has 3 heterocycles. The van der Waals surface area contributed by atoms with Crippen molar-refractivity contribution in [3.63, 3.8) is 0 Å². The maximum absolute atomic E-state index is 13.6. The Morgan fingerprint density at radius 1 is 1.15 bits per heavy atom. The highest BCUT2D eigenvalue weighted by molar-refractivity contribution is 7.89. The van der Waals surface area contributed by atoms with E-state index in [4.69, 9.17) is 0 Å². The highest BCUT2D eigenvalue weighted by Gasteiger charge is 2.35. The van der Waals surface area contributed by atoms with Gasteiger partial charge in [-0.1, -0.05) is 18.2 Å². The second-order valence-electron chi connectivity index (χ2n) is 7.35. The number of thiophene rings is 1. The van der Waals surface area contributed by atoms with Crippen molar-refractivity contribution in [2.75, 3.05) is 11.9 Å². The van der Waals surface area contributed by atoms with Crippen LogP contribution in [-0.2, 0) is 23.0 Å². The number of nitrogens with zero attached hydrogens (tertiary/aromatic N) is 4. The zero-order chi connectivity index (χ0) is 23.2. The van der Waals surface area contributed by atoms with Crippen molar-refractivity contribution in [3.8, 4) is 0 Å². The van der Waals surface area contributed by atoms with Crippen LogP contribution in [0.2, 0.25) is 0 Å². The van der Waals surface area contributed by atoms with Crippen LogP contribution in [0.4, 0.5) is 21.6 Å². The van der Waals surface area contributed by atoms with Crippen LogP contribution in [0.5, 0.6) is 0 Å². The van der Waals surface area contributed by atoms with Gasteiger partial charge in [0.25, 0.3) is 5.69 Å². The molecule has 12 heteroatoms. The van der Waals surface area contributed by atoms with Gasteiger partial charge in [-0.2, -0.15) is 4.31 Å². The fourth-order valence-electron chi connectivity index (χ4n) is 3.87. The lowest BCUT2D eigenvalue weighted by Gasteiger charge is -2.26. The van der Waals surface area contributed by atoms with Crippen LogP contribution in [0.3, 0.4) is 0 Å². The summed E-state index contributed by atoms with van der Waals surface area (Å²) >= 11 is 1.35. The molecule has 0 aliphatic carbocycles. The minimum atomic E-state index is -4.08. The molecule has 0 amide bonds. The summed E-state index contributed by atoms with van der Waals surface area (Å²) in [5.74, 6) is 0.131. The van der Waals surface area contributed by atoms with Crippen LogP contribution in [0, 0.1) is 15.9 Å². The Kier molecular flexibility index (Phi) is 5.27. The topological polar surface area (TPSA) is 118 Å². The molecule has 4 aromatic rings. The van der Waals surface area contributed by atoms with Gasteiger partial charge in [-0.05, 0) is 36.2 Å². The van der Waals surface area contributed by atoms with Crippen molar-refractivity contribution < 1.29 is 17.7 Å². The van der Waals surface area contributed by atoms with Crippen molar-refractivity contribution in [2.24, 2.45) is 0 Å². The highest BCUT2D eigenvalue weighted by atomic mass is 32.2. The van der Waals surface area contributed by atoms with Gasteiger partial charge in [0.1, 0.15) is 22.8 Å². The summed E-state index contributed by atoms with van der Waals surface area (Å²) in [4.78, 5) is 20.4. The molecule has 2 aromatic carbocycles. The first-order valence-electron chi connectivity index (χ1n) is 9.86. The Bertz CT molecular complexity index is 1510. The van der Waals surface area contributed by atoms with Crippen LogP contribution >= 0.6 is 11.3 Å². The van der Waals surface area contributed by atoms with E-state index in [-0.39, 0.29) is 23.8 Å². The molecule has 2 aromatic heterocycles. The quantitative estimate of drug-likeness (QED) is 0.332. The molecule has 0 spiro atoms. The Balaban J connectivity index is 1.51. The lowest BCUT2D eigenvalue weighted by Crippen LogP contribution is -2.35. The van der Waals surface area contributed by atoms with Gasteiger partial charge in [0.05, 0.1) is 10.3 Å². The summed E-state index contributed by atoms with van der Waals surface area (Å²) in [5.41, 5.74) is 1.00. The van der Waals surface area contributed by atoms with Gasteiger partial charge in [-0.15, -0.1) is 11.3 Å². The van der Waals surface area contributed by atoms with Gasteiger partial charge < -0.3 is 5.32 Å². The normalized spacial score (nSPS) is 14.2. The third-order valence-electron chi connectivity index (χ3n) is 5.37. The number of nitrogens with one attached hydrogen (secondary N) is 1. The molecule has 168 valence electrons. The lowest BCUT2D eigenvalue weighted by molar-refractivity contribution is -0.387. The molecule has 1 aliphatic heterocycles. The van der Waals surface area contributed by atoms with Crippen LogP contribution in [-0.4, -0.2) is 34.2 Å². The SMILES string of the molecule is O=[N+]([O-])c1ccccc1S(=O)(=O)N1CCc2c(sc3ncnc(Nc4cccc(F)c4)c23)C1. The van der Waals surface area contributed by atoms with E-state index in [2.05, 4.69) is 15.3 Å². The van der Waals surface area contributed by atoms with E-state index >= 15 is 0 Å². The number of sulfonamides is 1. The molecule has 1 aliphatic rings. The fourth-order valence-corrected chi connectivity index (χ4v) is 6.72. The zero-order valence-electron chi connectivity index (χ0n) is 16.9. The minimum Gasteiger partial charge on any atom is -0.339 e. The van der Waals surface area contributed by atoms with E-state index in [1.54, 1.807) is 12.1 Å². The average molecular weight is 486 g/mol. The Hall–Kier alpha value is -3.48. The Labute approximate surface area is 191 Å². The number of halogens is 1. The Morgan fingerprint density at radius 2 is 1.97 bits per heavy atom. The van der Waals surface area contributed by atoms with E-state index < -0.39 is 20.6 Å². The number of benzene rings is 2. The van der Waals surface area contributed by atoms with Crippen molar-refractivity contribution >= 4 is 48.8 Å². The lowest BCUT2D eigenvalue weighted by atomic mass is 10.1. The minimum absolute atomic E-state index is 0.0736. The van der Waals surface area contributed by atoms with Crippen LogP contribution in [0.15, 0.2) is 59.8 Å². The smallest absolute Gasteiger partial charge is 0.289 e. The number of nitro groups is 1. The molecule has 1 N–H and O–H groups in total. The number of hydrogen-bond acceptors (Lipinski definition) is 8. The monoisotopic (exact) mass is 485 g/mol. The number of rotatable bonds is 5. The summed E-state index contributed by atoms with van der Waals surface area (Å²) in [7, 11) is -4.08. The summed E-state index contributed by atoms with van der Waals surface area (Å²) in [5, 5.41) is 15.2. The van der Waals surface area contributed by atoms with Crippen LogP contribution < -0.4 is 5.32 Å². The fraction of sp³-hybridized carbons (Fsp3) is 0.143. The molecule has 0 atom stereocenters. The van der Waals surface area contributed by atoms with Gasteiger partial charge in [0.15, 0.2) is 4.90 Å². The van der Waals surface area contributed by atoms with E-state index in [1.807, 2.05) is 0 Å². The number of aromatic nitrogens is 2. The van der Waals surface area contributed by atoms with Gasteiger partial charge in [-0.3, -0.25) is 10.1 Å². The third kappa shape index (κ3) is 3.81. The molecule has 0 fully saturated rings. The molecule has 0 unspecified atom stereocenters. The average Bonchev–Trinajstić information content (AvgIpc) is 3.18. The van der Waals surface area contributed by atoms with Crippen molar-refractivity contribution in [1.82, 2.24) is 14.3 Å². The Morgan fingerprint density at radius 3 is 2.76 bits per heavy atom. The van der Waals surface area contributed by atoms with Crippen molar-refractivity contribution in [3.05, 3.63) is 81.2 Å². The van der Waals surface area contributed by atoms with Gasteiger partial charge in [0.2, 0.25) is 10.0 Å². The van der Waals surface area contributed by atoms with E-state index in [1.165, 1.54) is 58.4 Å². The maximum Gasteiger partial charge on any atom is 0.289 e. The van der Waals surface area contributed by atoms with Crippen LogP contribution in [0.25, 0.3) is 10.2 Å². The number of hydrogen-bond donors (Lipinski definition) is 1. The van der Waals surface area contributed by atoms with E-state index in [0.29, 0.717) is 22.8 Å². The summed E-state index contributed by atoms with van der Waals surface area (Å²) in [6, 6.07) is 11.3. The van der Waals surface area contributed by atoms with Gasteiger partial charge in [-0.25, -0.2) is 22.8 Å². The van der Waals surface area contributed by atoms with Gasteiger partial charge >= 0.3 is 0 Å². The maximum atomic E-state index is 13.6. The molecule has 9 nitrogen and oxygen atoms in total. The molecule has 33 heavy (non-hydrogen) atoms. The highest BCUT2D eigenvalue weighted by Crippen LogP contribution is 2.39. The number of nitro benzene ring substituents is 1. The van der Waals surface area contributed by atoms with Crippen molar-refractivity contribution in [2.45, 2.75) is 17.9 Å². The molecule has 0 radical (unpaired) electrons. The second-order valence-corrected chi connectivity index (χ2v) is 10.3. The number of fused-ring (bicyclic) bond motifs is 3. The molecule has 5 rings (SSSR count). The summed E-state index contributed by atoms with van der Waals surface area (Å²) < 4.78 is 41.3. The predicted molar refractivity (Wildman–Crippen MR) is 121 cm³/mol. The molecular formula is C21H16FN5O4S2. The first-order valence-corrected chi connectivity index (χ1v) is 12.1. The molecule has 0 saturated heterocycles. The summed E-state index contributed by atoms with van der Waals surface area (Å²) in [6.45, 7) is 0.228. The van der Waals surface area contributed by atoms with E-state index in [0.717, 1.165) is 15.8 Å². The first kappa shape index (κ1) is 21.4. The first-order chi connectivity index (χ1) is 15.8. The van der Waals surface area contributed by atoms with E-state index in [9.17, 15) is 22.9 Å². The molecule has 0 bridgehead atoms. The van der Waals surface area contributed by atoms with Crippen LogP contribution in [0.1, 0.15) is 10.4 Å². The zero-order valence-corrected chi connectivity index (χ0v) is 18.6. The summed E-state index contributed by atoms with van der Waals surface area (Å²) in [6.07, 6.45) is 1.79. The standard InChI is InChI=1S/C21H16FN5O4S2/c22-13-4-3-5-14(10-13)25-20-19-15-8-9-26(11-17(15)32-21(19)24-12-23-20)33(30,31)18-7-2-1-6-16(18)27(28)29/h1-7,10,12H,8-9,11H2,(H,23,24,25). The van der Waals surface area contributed by atoms with Gasteiger partial charge in [0, 0.05) is 29.7 Å². The number of anilines is 2.